The fourth-order valence-electron chi connectivity index (χ4n) is 1.67. The van der Waals surface area contributed by atoms with Gasteiger partial charge in [0.2, 0.25) is 5.91 Å². The number of nitriles is 1. The molecule has 24 heavy (non-hydrogen) atoms. The van der Waals surface area contributed by atoms with Crippen LogP contribution < -0.4 is 15.4 Å². The predicted octanol–water partition coefficient (Wildman–Crippen LogP) is 3.07. The molecular weight excluding hydrogens is 323 g/mol. The monoisotopic (exact) mass is 343 g/mol. The van der Waals surface area contributed by atoms with E-state index in [0.717, 1.165) is 0 Å². The van der Waals surface area contributed by atoms with Crippen LogP contribution in [0.5, 0.6) is 5.75 Å². The van der Waals surface area contributed by atoms with E-state index in [9.17, 15) is 18.0 Å². The fourth-order valence-corrected chi connectivity index (χ4v) is 1.67. The van der Waals surface area contributed by atoms with Crippen molar-refractivity contribution in [2.45, 2.75) is 33.0 Å². The molecule has 132 valence electrons. The third-order valence-corrected chi connectivity index (χ3v) is 3.33. The van der Waals surface area contributed by atoms with Crippen LogP contribution in [-0.2, 0) is 4.79 Å². The highest BCUT2D eigenvalue weighted by atomic mass is 19.4. The van der Waals surface area contributed by atoms with Crippen molar-refractivity contribution in [3.05, 3.63) is 23.8 Å². The normalized spacial score (nSPS) is 12.4. The van der Waals surface area contributed by atoms with Gasteiger partial charge in [-0.05, 0) is 31.0 Å². The quantitative estimate of drug-likeness (QED) is 0.798. The van der Waals surface area contributed by atoms with Gasteiger partial charge in [0, 0.05) is 11.7 Å². The molecule has 1 aromatic carbocycles. The number of amides is 1. The lowest BCUT2D eigenvalue weighted by molar-refractivity contribution is -0.153. The number of anilines is 1. The van der Waals surface area contributed by atoms with Gasteiger partial charge in [0.05, 0.1) is 12.1 Å². The largest absolute Gasteiger partial charge is 0.483 e. The minimum Gasteiger partial charge on any atom is -0.483 e. The fraction of sp³-hybridized carbons (Fsp3) is 0.500. The highest BCUT2D eigenvalue weighted by molar-refractivity contribution is 5.81. The number of rotatable bonds is 7. The van der Waals surface area contributed by atoms with Gasteiger partial charge in [0.1, 0.15) is 11.8 Å². The molecule has 0 fully saturated rings. The number of benzene rings is 1. The molecule has 0 aliphatic rings. The van der Waals surface area contributed by atoms with E-state index in [0.29, 0.717) is 11.6 Å². The summed E-state index contributed by atoms with van der Waals surface area (Å²) in [6, 6.07) is 5.85. The van der Waals surface area contributed by atoms with Crippen molar-refractivity contribution in [2.75, 3.05) is 18.5 Å². The van der Waals surface area contributed by atoms with E-state index in [-0.39, 0.29) is 29.8 Å². The lowest BCUT2D eigenvalue weighted by atomic mass is 10.1. The van der Waals surface area contributed by atoms with Crippen LogP contribution in [0.4, 0.5) is 18.9 Å². The topological polar surface area (TPSA) is 74.2 Å². The van der Waals surface area contributed by atoms with Crippen molar-refractivity contribution in [2.24, 2.45) is 5.92 Å². The van der Waals surface area contributed by atoms with E-state index in [2.05, 4.69) is 15.4 Å². The van der Waals surface area contributed by atoms with Gasteiger partial charge in [-0.2, -0.15) is 18.4 Å². The Morgan fingerprint density at radius 2 is 2.00 bits per heavy atom. The van der Waals surface area contributed by atoms with E-state index in [4.69, 9.17) is 5.26 Å². The Morgan fingerprint density at radius 3 is 2.54 bits per heavy atom. The van der Waals surface area contributed by atoms with Gasteiger partial charge in [-0.3, -0.25) is 4.79 Å². The molecule has 0 heterocycles. The Balaban J connectivity index is 2.65. The molecule has 1 rings (SSSR count). The molecule has 2 N–H and O–H groups in total. The lowest BCUT2D eigenvalue weighted by Crippen LogP contribution is -2.39. The maximum absolute atomic E-state index is 12.2. The zero-order valence-corrected chi connectivity index (χ0v) is 13.7. The van der Waals surface area contributed by atoms with E-state index in [1.165, 1.54) is 18.2 Å². The molecule has 0 saturated heterocycles. The summed E-state index contributed by atoms with van der Waals surface area (Å²) in [7, 11) is 0. The molecule has 5 nitrogen and oxygen atoms in total. The summed E-state index contributed by atoms with van der Waals surface area (Å²) in [4.78, 5) is 11.8. The second-order valence-corrected chi connectivity index (χ2v) is 5.68. The van der Waals surface area contributed by atoms with Crippen molar-refractivity contribution >= 4 is 11.6 Å². The summed E-state index contributed by atoms with van der Waals surface area (Å²) < 4.78 is 41.1. The first-order chi connectivity index (χ1) is 11.1. The number of nitrogens with zero attached hydrogens (tertiary/aromatic N) is 1. The highest BCUT2D eigenvalue weighted by Gasteiger charge is 2.28. The van der Waals surface area contributed by atoms with Gasteiger partial charge in [0.15, 0.2) is 6.61 Å². The van der Waals surface area contributed by atoms with Gasteiger partial charge < -0.3 is 15.4 Å². The number of carbonyl (C=O) groups is 1. The van der Waals surface area contributed by atoms with Crippen LogP contribution in [-0.4, -0.2) is 31.3 Å². The molecule has 0 bridgehead atoms. The third kappa shape index (κ3) is 6.77. The minimum atomic E-state index is -4.48. The SMILES string of the molecule is CC(C)C(C)NC(=O)CNc1ccc(OCC(F)(F)F)c(C#N)c1. The molecule has 1 amide bonds. The molecule has 0 aromatic heterocycles. The first-order valence-corrected chi connectivity index (χ1v) is 7.39. The molecule has 1 unspecified atom stereocenters. The molecule has 0 saturated carbocycles. The third-order valence-electron chi connectivity index (χ3n) is 3.33. The number of halogens is 3. The van der Waals surface area contributed by atoms with E-state index in [1.54, 1.807) is 6.07 Å². The summed E-state index contributed by atoms with van der Waals surface area (Å²) in [6.45, 7) is 4.38. The van der Waals surface area contributed by atoms with Crippen LogP contribution in [0.25, 0.3) is 0 Å². The van der Waals surface area contributed by atoms with E-state index in [1.807, 2.05) is 20.8 Å². The van der Waals surface area contributed by atoms with Gasteiger partial charge in [-0.1, -0.05) is 13.8 Å². The molecule has 0 aliphatic heterocycles. The Morgan fingerprint density at radius 1 is 1.33 bits per heavy atom. The molecule has 8 heteroatoms. The second-order valence-electron chi connectivity index (χ2n) is 5.68. The Labute approximate surface area is 138 Å². The Hall–Kier alpha value is -2.43. The summed E-state index contributed by atoms with van der Waals surface area (Å²) in [5.74, 6) is -0.0745. The van der Waals surface area contributed by atoms with Crippen LogP contribution in [0.15, 0.2) is 18.2 Å². The van der Waals surface area contributed by atoms with Crippen LogP contribution in [0, 0.1) is 17.2 Å². The van der Waals surface area contributed by atoms with E-state index >= 15 is 0 Å². The van der Waals surface area contributed by atoms with Crippen LogP contribution in [0.1, 0.15) is 26.3 Å². The highest BCUT2D eigenvalue weighted by Crippen LogP contribution is 2.24. The number of ether oxygens (including phenoxy) is 1. The van der Waals surface area contributed by atoms with Crippen LogP contribution in [0.3, 0.4) is 0 Å². The Kier molecular flexibility index (Phi) is 6.89. The van der Waals surface area contributed by atoms with Gasteiger partial charge in [-0.15, -0.1) is 0 Å². The standard InChI is InChI=1S/C16H20F3N3O2/c1-10(2)11(3)22-15(23)8-21-13-4-5-14(12(6-13)7-20)24-9-16(17,18)19/h4-6,10-11,21H,8-9H2,1-3H3,(H,22,23). The van der Waals surface area contributed by atoms with E-state index < -0.39 is 12.8 Å². The molecule has 1 atom stereocenters. The maximum atomic E-state index is 12.2. The Bertz CT molecular complexity index is 610. The summed E-state index contributed by atoms with van der Waals surface area (Å²) >= 11 is 0. The maximum Gasteiger partial charge on any atom is 0.422 e. The molecule has 0 radical (unpaired) electrons. The average molecular weight is 343 g/mol. The number of alkyl halides is 3. The van der Waals surface area contributed by atoms with Crippen molar-refractivity contribution in [3.8, 4) is 11.8 Å². The number of hydrogen-bond acceptors (Lipinski definition) is 4. The number of nitrogens with one attached hydrogen (secondary N) is 2. The zero-order valence-electron chi connectivity index (χ0n) is 13.7. The van der Waals surface area contributed by atoms with Crippen molar-refractivity contribution in [3.63, 3.8) is 0 Å². The lowest BCUT2D eigenvalue weighted by Gasteiger charge is -2.18. The minimum absolute atomic E-state index is 0.00924. The van der Waals surface area contributed by atoms with Gasteiger partial charge >= 0.3 is 6.18 Å². The van der Waals surface area contributed by atoms with Gasteiger partial charge in [0.25, 0.3) is 0 Å². The van der Waals surface area contributed by atoms with Gasteiger partial charge in [-0.25, -0.2) is 0 Å². The smallest absolute Gasteiger partial charge is 0.422 e. The van der Waals surface area contributed by atoms with Crippen LogP contribution in [0.2, 0.25) is 0 Å². The van der Waals surface area contributed by atoms with Crippen molar-refractivity contribution < 1.29 is 22.7 Å². The molecule has 1 aromatic rings. The van der Waals surface area contributed by atoms with Crippen molar-refractivity contribution in [1.82, 2.24) is 5.32 Å². The first-order valence-electron chi connectivity index (χ1n) is 7.39. The molecule has 0 spiro atoms. The van der Waals surface area contributed by atoms with Crippen LogP contribution >= 0.6 is 0 Å². The summed E-state index contributed by atoms with van der Waals surface area (Å²) in [5.41, 5.74) is 0.401. The average Bonchev–Trinajstić information content (AvgIpc) is 2.50. The van der Waals surface area contributed by atoms with Crippen molar-refractivity contribution in [1.29, 1.82) is 5.26 Å². The number of hydrogen-bond donors (Lipinski definition) is 2. The second kappa shape index (κ2) is 8.43. The first kappa shape index (κ1) is 19.6. The summed E-state index contributed by atoms with van der Waals surface area (Å²) in [5, 5.41) is 14.6. The zero-order chi connectivity index (χ0) is 18.3. The molecule has 0 aliphatic carbocycles. The predicted molar refractivity (Wildman–Crippen MR) is 83.6 cm³/mol. The summed E-state index contributed by atoms with van der Waals surface area (Å²) in [6.07, 6.45) is -4.48. The molecular formula is C16H20F3N3O2. The number of carbonyl (C=O) groups excluding carboxylic acids is 1.